The molecule has 0 aliphatic carbocycles. The Labute approximate surface area is 178 Å². The summed E-state index contributed by atoms with van der Waals surface area (Å²) >= 11 is 8.90. The van der Waals surface area contributed by atoms with Crippen molar-refractivity contribution in [3.05, 3.63) is 87.1 Å². The van der Waals surface area contributed by atoms with Crippen LogP contribution in [0.4, 0.5) is 11.4 Å². The van der Waals surface area contributed by atoms with Gasteiger partial charge in [-0.05, 0) is 54.6 Å². The zero-order valence-corrected chi connectivity index (χ0v) is 17.0. The Bertz CT molecular complexity index is 1090. The number of amides is 2. The Morgan fingerprint density at radius 1 is 0.897 bits per heavy atom. The summed E-state index contributed by atoms with van der Waals surface area (Å²) < 4.78 is 0.587. The van der Waals surface area contributed by atoms with Crippen LogP contribution in [0.5, 0.6) is 0 Å². The number of rotatable bonds is 5. The number of aromatic nitrogens is 1. The maximum atomic E-state index is 12.4. The van der Waals surface area contributed by atoms with Crippen molar-refractivity contribution in [2.24, 2.45) is 0 Å². The van der Waals surface area contributed by atoms with Gasteiger partial charge in [-0.2, -0.15) is 0 Å². The van der Waals surface area contributed by atoms with Crippen molar-refractivity contribution in [2.45, 2.75) is 0 Å². The van der Waals surface area contributed by atoms with Crippen LogP contribution in [0.25, 0.3) is 0 Å². The van der Waals surface area contributed by atoms with Gasteiger partial charge >= 0.3 is 5.97 Å². The van der Waals surface area contributed by atoms with Crippen LogP contribution in [-0.2, 0) is 0 Å². The Morgan fingerprint density at radius 3 is 2.17 bits per heavy atom. The average Bonchev–Trinajstić information content (AvgIpc) is 2.70. The van der Waals surface area contributed by atoms with Gasteiger partial charge in [0.15, 0.2) is 0 Å². The molecule has 29 heavy (non-hydrogen) atoms. The van der Waals surface area contributed by atoms with Crippen molar-refractivity contribution >= 4 is 56.7 Å². The molecule has 3 aromatic rings. The summed E-state index contributed by atoms with van der Waals surface area (Å²) in [6.07, 6.45) is 1.36. The summed E-state index contributed by atoms with van der Waals surface area (Å²) in [7, 11) is 0. The second-order valence-electron chi connectivity index (χ2n) is 5.85. The highest BCUT2D eigenvalue weighted by Gasteiger charge is 2.14. The number of aromatic carboxylic acids is 1. The normalized spacial score (nSPS) is 10.3. The third-order valence-corrected chi connectivity index (χ3v) is 4.57. The number of hydrogen-bond donors (Lipinski definition) is 3. The van der Waals surface area contributed by atoms with E-state index in [0.29, 0.717) is 21.3 Å². The lowest BCUT2D eigenvalue weighted by atomic mass is 10.1. The lowest BCUT2D eigenvalue weighted by molar-refractivity contribution is 0.0697. The average molecular weight is 475 g/mol. The molecular weight excluding hydrogens is 462 g/mol. The number of carbonyl (C=O) groups is 3. The van der Waals surface area contributed by atoms with E-state index >= 15 is 0 Å². The van der Waals surface area contributed by atoms with Gasteiger partial charge in [-0.15, -0.1) is 0 Å². The van der Waals surface area contributed by atoms with E-state index in [4.69, 9.17) is 11.6 Å². The van der Waals surface area contributed by atoms with E-state index in [1.54, 1.807) is 24.3 Å². The summed E-state index contributed by atoms with van der Waals surface area (Å²) in [4.78, 5) is 39.8. The molecule has 2 amide bonds. The molecule has 9 heteroatoms. The monoisotopic (exact) mass is 473 g/mol. The van der Waals surface area contributed by atoms with Crippen LogP contribution < -0.4 is 10.6 Å². The molecule has 0 fully saturated rings. The molecule has 0 atom stereocenters. The molecule has 0 aliphatic rings. The predicted octanol–water partition coefficient (Wildman–Crippen LogP) is 4.70. The van der Waals surface area contributed by atoms with E-state index in [1.165, 1.54) is 36.5 Å². The van der Waals surface area contributed by atoms with E-state index < -0.39 is 11.9 Å². The third-order valence-electron chi connectivity index (χ3n) is 3.85. The van der Waals surface area contributed by atoms with Crippen LogP contribution in [0.15, 0.2) is 65.3 Å². The Hall–Kier alpha value is -3.23. The van der Waals surface area contributed by atoms with E-state index in [1.807, 2.05) is 0 Å². The molecular formula is C20H13BrClN3O4. The van der Waals surface area contributed by atoms with Gasteiger partial charge in [0.1, 0.15) is 5.15 Å². The van der Waals surface area contributed by atoms with Crippen LogP contribution in [-0.4, -0.2) is 27.9 Å². The van der Waals surface area contributed by atoms with Crippen LogP contribution >= 0.6 is 27.5 Å². The molecule has 0 saturated heterocycles. The predicted molar refractivity (Wildman–Crippen MR) is 113 cm³/mol. The number of carboxylic acid groups (broad SMARTS) is 1. The van der Waals surface area contributed by atoms with Crippen molar-refractivity contribution in [1.29, 1.82) is 0 Å². The van der Waals surface area contributed by atoms with Crippen molar-refractivity contribution < 1.29 is 19.5 Å². The van der Waals surface area contributed by atoms with Crippen molar-refractivity contribution in [3.63, 3.8) is 0 Å². The molecule has 146 valence electrons. The van der Waals surface area contributed by atoms with Gasteiger partial charge in [0, 0.05) is 21.9 Å². The first-order chi connectivity index (χ1) is 13.8. The summed E-state index contributed by atoms with van der Waals surface area (Å²) in [6.45, 7) is 0. The second-order valence-corrected chi connectivity index (χ2v) is 7.15. The largest absolute Gasteiger partial charge is 0.478 e. The van der Waals surface area contributed by atoms with Gasteiger partial charge in [0.05, 0.1) is 16.8 Å². The molecule has 1 aromatic heterocycles. The van der Waals surface area contributed by atoms with Gasteiger partial charge in [-0.3, -0.25) is 9.59 Å². The number of benzene rings is 2. The van der Waals surface area contributed by atoms with Gasteiger partial charge in [0.2, 0.25) is 0 Å². The maximum Gasteiger partial charge on any atom is 0.337 e. The summed E-state index contributed by atoms with van der Waals surface area (Å²) in [5.74, 6) is -2.00. The van der Waals surface area contributed by atoms with Gasteiger partial charge in [-0.25, -0.2) is 9.78 Å². The Morgan fingerprint density at radius 2 is 1.55 bits per heavy atom. The number of nitrogens with one attached hydrogen (secondary N) is 2. The molecule has 0 saturated carbocycles. The van der Waals surface area contributed by atoms with Crippen molar-refractivity contribution in [1.82, 2.24) is 4.98 Å². The van der Waals surface area contributed by atoms with E-state index in [-0.39, 0.29) is 22.3 Å². The molecule has 0 bridgehead atoms. The summed E-state index contributed by atoms with van der Waals surface area (Å²) in [6, 6.07) is 13.8. The third kappa shape index (κ3) is 5.18. The number of hydrogen-bond acceptors (Lipinski definition) is 4. The lowest BCUT2D eigenvalue weighted by Crippen LogP contribution is -2.15. The first-order valence-electron chi connectivity index (χ1n) is 8.20. The summed E-state index contributed by atoms with van der Waals surface area (Å²) in [5.41, 5.74) is 1.27. The number of halogens is 2. The zero-order valence-electron chi connectivity index (χ0n) is 14.6. The zero-order chi connectivity index (χ0) is 21.0. The van der Waals surface area contributed by atoms with E-state index in [2.05, 4.69) is 31.5 Å². The molecule has 0 aliphatic heterocycles. The minimum Gasteiger partial charge on any atom is -0.478 e. The minimum absolute atomic E-state index is 0.0341. The summed E-state index contributed by atoms with van der Waals surface area (Å²) in [5, 5.41) is 14.8. The second kappa shape index (κ2) is 8.85. The molecule has 3 rings (SSSR count). The smallest absolute Gasteiger partial charge is 0.337 e. The number of nitrogens with zero attached hydrogens (tertiary/aromatic N) is 1. The first-order valence-corrected chi connectivity index (χ1v) is 9.38. The molecule has 0 unspecified atom stereocenters. The highest BCUT2D eigenvalue weighted by Crippen LogP contribution is 2.22. The maximum absolute atomic E-state index is 12.4. The van der Waals surface area contributed by atoms with E-state index in [0.717, 1.165) is 0 Å². The minimum atomic E-state index is -1.16. The standard InChI is InChI=1S/C20H13BrClN3O4/c21-13-4-7-16(15(9-13)20(28)29)25-18(26)11-1-5-14(6-2-11)24-19(27)12-3-8-17(22)23-10-12/h1-10H,(H,24,27)(H,25,26)(H,28,29). The van der Waals surface area contributed by atoms with Crippen LogP contribution in [0.3, 0.4) is 0 Å². The van der Waals surface area contributed by atoms with E-state index in [9.17, 15) is 19.5 Å². The topological polar surface area (TPSA) is 108 Å². The fourth-order valence-electron chi connectivity index (χ4n) is 2.42. The number of carboxylic acids is 1. The van der Waals surface area contributed by atoms with Crippen LogP contribution in [0.2, 0.25) is 5.15 Å². The molecule has 7 nitrogen and oxygen atoms in total. The highest BCUT2D eigenvalue weighted by atomic mass is 79.9. The van der Waals surface area contributed by atoms with Crippen LogP contribution in [0, 0.1) is 0 Å². The van der Waals surface area contributed by atoms with Gasteiger partial charge < -0.3 is 15.7 Å². The Balaban J connectivity index is 1.70. The van der Waals surface area contributed by atoms with Crippen molar-refractivity contribution in [2.75, 3.05) is 10.6 Å². The van der Waals surface area contributed by atoms with Gasteiger partial charge in [0.25, 0.3) is 11.8 Å². The van der Waals surface area contributed by atoms with Gasteiger partial charge in [-0.1, -0.05) is 27.5 Å². The number of pyridine rings is 1. The first kappa shape index (κ1) is 20.5. The molecule has 0 radical (unpaired) electrons. The highest BCUT2D eigenvalue weighted by molar-refractivity contribution is 9.10. The fourth-order valence-corrected chi connectivity index (χ4v) is 2.89. The SMILES string of the molecule is O=C(Nc1ccc(C(=O)Nc2ccc(Br)cc2C(=O)O)cc1)c1ccc(Cl)nc1. The molecule has 0 spiro atoms. The Kier molecular flexibility index (Phi) is 6.26. The molecule has 2 aromatic carbocycles. The number of anilines is 2. The van der Waals surface area contributed by atoms with Crippen molar-refractivity contribution in [3.8, 4) is 0 Å². The molecule has 3 N–H and O–H groups in total. The van der Waals surface area contributed by atoms with Crippen LogP contribution in [0.1, 0.15) is 31.1 Å². The fraction of sp³-hybridized carbons (Fsp3) is 0. The lowest BCUT2D eigenvalue weighted by Gasteiger charge is -2.10. The molecule has 1 heterocycles. The quantitative estimate of drug-likeness (QED) is 0.465. The number of carbonyl (C=O) groups excluding carboxylic acids is 2.